The van der Waals surface area contributed by atoms with Gasteiger partial charge in [0.25, 0.3) is 0 Å². The van der Waals surface area contributed by atoms with E-state index in [1.807, 2.05) is 31.2 Å². The molecule has 0 atom stereocenters. The fourth-order valence-electron chi connectivity index (χ4n) is 2.86. The molecule has 0 saturated heterocycles. The van der Waals surface area contributed by atoms with Crippen LogP contribution in [0.3, 0.4) is 0 Å². The van der Waals surface area contributed by atoms with E-state index in [1.165, 1.54) is 0 Å². The third-order valence-corrected chi connectivity index (χ3v) is 4.03. The van der Waals surface area contributed by atoms with Crippen molar-refractivity contribution in [2.24, 2.45) is 0 Å². The molecule has 0 spiro atoms. The van der Waals surface area contributed by atoms with Gasteiger partial charge in [-0.15, -0.1) is 10.2 Å². The van der Waals surface area contributed by atoms with Crippen LogP contribution in [0.2, 0.25) is 0 Å². The van der Waals surface area contributed by atoms with Crippen molar-refractivity contribution in [3.05, 3.63) is 59.5 Å². The molecule has 0 saturated carbocycles. The average Bonchev–Trinajstić information content (AvgIpc) is 3.20. The van der Waals surface area contributed by atoms with E-state index in [1.54, 1.807) is 6.20 Å². The number of hydrogen-bond acceptors (Lipinski definition) is 6. The zero-order chi connectivity index (χ0) is 19.2. The van der Waals surface area contributed by atoms with Crippen LogP contribution in [0.1, 0.15) is 23.9 Å². The van der Waals surface area contributed by atoms with Crippen molar-refractivity contribution in [3.8, 4) is 22.9 Å². The highest BCUT2D eigenvalue weighted by Crippen LogP contribution is 2.31. The molecule has 0 aliphatic heterocycles. The first-order valence-corrected chi connectivity index (χ1v) is 8.57. The zero-order valence-electron chi connectivity index (χ0n) is 15.4. The maximum atomic E-state index is 9.25. The average molecular weight is 360 g/mol. The molecule has 2 N–H and O–H groups in total. The second kappa shape index (κ2) is 8.15. The number of anilines is 1. The molecule has 27 heavy (non-hydrogen) atoms. The lowest BCUT2D eigenvalue weighted by Gasteiger charge is -2.13. The van der Waals surface area contributed by atoms with E-state index < -0.39 is 0 Å². The third kappa shape index (κ3) is 4.12. The van der Waals surface area contributed by atoms with Gasteiger partial charge in [0.15, 0.2) is 0 Å². The monoisotopic (exact) mass is 360 g/mol. The summed E-state index contributed by atoms with van der Waals surface area (Å²) in [6.45, 7) is 6.74. The summed E-state index contributed by atoms with van der Waals surface area (Å²) in [7, 11) is 0. The van der Waals surface area contributed by atoms with Crippen LogP contribution in [-0.4, -0.2) is 27.2 Å². The smallest absolute Gasteiger partial charge is 0.216 e. The number of nitrogens with one attached hydrogen (secondary N) is 2. The Bertz CT molecular complexity index is 979. The fraction of sp³-hybridized carbons (Fsp3) is 0.200. The first kappa shape index (κ1) is 18.1. The highest BCUT2D eigenvalue weighted by Gasteiger charge is 2.09. The Kier molecular flexibility index (Phi) is 5.47. The number of rotatable bonds is 6. The second-order valence-electron chi connectivity index (χ2n) is 6.00. The molecule has 136 valence electrons. The Morgan fingerprint density at radius 3 is 2.63 bits per heavy atom. The number of nitrogens with zero attached hydrogens (tertiary/aromatic N) is 4. The lowest BCUT2D eigenvalue weighted by Crippen LogP contribution is -1.97. The normalized spacial score (nSPS) is 11.1. The van der Waals surface area contributed by atoms with E-state index in [0.29, 0.717) is 12.2 Å². The first-order valence-electron chi connectivity index (χ1n) is 8.57. The fourth-order valence-corrected chi connectivity index (χ4v) is 2.86. The molecule has 0 unspecified atom stereocenters. The van der Waals surface area contributed by atoms with E-state index in [2.05, 4.69) is 58.0 Å². The summed E-state index contributed by atoms with van der Waals surface area (Å²) in [4.78, 5) is 0. The van der Waals surface area contributed by atoms with Crippen LogP contribution in [0.5, 0.6) is 5.75 Å². The molecule has 0 radical (unpaired) electrons. The number of hydrogen-bond donors (Lipinski definition) is 2. The van der Waals surface area contributed by atoms with E-state index in [-0.39, 0.29) is 5.82 Å². The molecule has 7 heteroatoms. The van der Waals surface area contributed by atoms with E-state index in [4.69, 9.17) is 4.74 Å². The molecule has 0 aliphatic carbocycles. The molecular weight excluding hydrogens is 340 g/mol. The van der Waals surface area contributed by atoms with Crippen LogP contribution in [0.15, 0.2) is 42.6 Å². The van der Waals surface area contributed by atoms with Crippen LogP contribution < -0.4 is 10.1 Å². The number of aryl methyl sites for hydroxylation is 2. The summed E-state index contributed by atoms with van der Waals surface area (Å²) in [5.74, 6) is 1.19. The molecule has 2 aromatic carbocycles. The quantitative estimate of drug-likeness (QED) is 0.648. The van der Waals surface area contributed by atoms with Gasteiger partial charge in [-0.25, -0.2) is 0 Å². The Hall–Kier alpha value is -3.66. The van der Waals surface area contributed by atoms with Crippen molar-refractivity contribution in [2.75, 3.05) is 11.9 Å². The van der Waals surface area contributed by atoms with Gasteiger partial charge in [0.05, 0.1) is 6.61 Å². The predicted molar refractivity (Wildman–Crippen MR) is 104 cm³/mol. The minimum atomic E-state index is 0.249. The van der Waals surface area contributed by atoms with Gasteiger partial charge in [0.2, 0.25) is 5.82 Å². The minimum absolute atomic E-state index is 0.249. The second-order valence-corrected chi connectivity index (χ2v) is 6.00. The summed E-state index contributed by atoms with van der Waals surface area (Å²) < 4.78 is 5.72. The number of aromatic nitrogens is 4. The van der Waals surface area contributed by atoms with Crippen LogP contribution in [0.25, 0.3) is 16.7 Å². The van der Waals surface area contributed by atoms with E-state index in [9.17, 15) is 5.26 Å². The summed E-state index contributed by atoms with van der Waals surface area (Å²) in [6.07, 6.45) is 1.57. The summed E-state index contributed by atoms with van der Waals surface area (Å²) in [5.41, 5.74) is 5.54. The van der Waals surface area contributed by atoms with Gasteiger partial charge in [0.1, 0.15) is 17.4 Å². The van der Waals surface area contributed by atoms with Crippen LogP contribution in [0.4, 0.5) is 5.69 Å². The summed E-state index contributed by atoms with van der Waals surface area (Å²) in [6, 6.07) is 14.3. The highest BCUT2D eigenvalue weighted by atomic mass is 16.5. The molecule has 0 amide bonds. The molecule has 7 nitrogen and oxygen atoms in total. The number of benzene rings is 2. The molecule has 0 fully saturated rings. The van der Waals surface area contributed by atoms with Gasteiger partial charge in [-0.2, -0.15) is 10.5 Å². The van der Waals surface area contributed by atoms with Gasteiger partial charge in [-0.05, 0) is 72.5 Å². The van der Waals surface area contributed by atoms with Crippen LogP contribution in [-0.2, 0) is 0 Å². The molecular formula is C20H20N6O. The SMILES string of the molecule is CCOc1c(C)cc(-c2cccc(NC=C(C#N)c3nn[nH]n3)c2)cc1C. The van der Waals surface area contributed by atoms with Crippen molar-refractivity contribution in [2.45, 2.75) is 20.8 Å². The molecule has 0 bridgehead atoms. The van der Waals surface area contributed by atoms with E-state index >= 15 is 0 Å². The Labute approximate surface area is 157 Å². The van der Waals surface area contributed by atoms with Gasteiger partial charge >= 0.3 is 0 Å². The Morgan fingerprint density at radius 2 is 2.00 bits per heavy atom. The van der Waals surface area contributed by atoms with Gasteiger partial charge < -0.3 is 10.1 Å². The lowest BCUT2D eigenvalue weighted by atomic mass is 9.99. The lowest BCUT2D eigenvalue weighted by molar-refractivity contribution is 0.335. The summed E-state index contributed by atoms with van der Waals surface area (Å²) in [5, 5.41) is 25.8. The summed E-state index contributed by atoms with van der Waals surface area (Å²) >= 11 is 0. The number of H-pyrrole nitrogens is 1. The Balaban J connectivity index is 1.87. The first-order chi connectivity index (χ1) is 13.1. The topological polar surface area (TPSA) is 99.5 Å². The Morgan fingerprint density at radius 1 is 1.22 bits per heavy atom. The number of aromatic amines is 1. The van der Waals surface area contributed by atoms with Crippen molar-refractivity contribution >= 4 is 11.3 Å². The molecule has 1 heterocycles. The van der Waals surface area contributed by atoms with Crippen molar-refractivity contribution in [1.82, 2.24) is 20.6 Å². The van der Waals surface area contributed by atoms with E-state index in [0.717, 1.165) is 33.7 Å². The standard InChI is InChI=1S/C20H20N6O/c1-4-27-19-13(2)8-16(9-14(19)3)15-6-5-7-18(10-15)22-12-17(11-21)20-23-25-26-24-20/h5-10,12,22H,4H2,1-3H3,(H,23,24,25,26). The molecule has 0 aliphatic rings. The van der Waals surface area contributed by atoms with Crippen molar-refractivity contribution in [3.63, 3.8) is 0 Å². The van der Waals surface area contributed by atoms with Crippen LogP contribution in [0, 0.1) is 25.2 Å². The number of ether oxygens (including phenoxy) is 1. The number of nitriles is 1. The van der Waals surface area contributed by atoms with Gasteiger partial charge in [-0.3, -0.25) is 0 Å². The number of allylic oxidation sites excluding steroid dienone is 1. The maximum absolute atomic E-state index is 9.25. The van der Waals surface area contributed by atoms with Gasteiger partial charge in [0, 0.05) is 11.9 Å². The maximum Gasteiger partial charge on any atom is 0.216 e. The van der Waals surface area contributed by atoms with Crippen LogP contribution >= 0.6 is 0 Å². The third-order valence-electron chi connectivity index (χ3n) is 4.03. The largest absolute Gasteiger partial charge is 0.493 e. The molecule has 1 aromatic heterocycles. The highest BCUT2D eigenvalue weighted by molar-refractivity contribution is 5.75. The predicted octanol–water partition coefficient (Wildman–Crippen LogP) is 3.86. The zero-order valence-corrected chi connectivity index (χ0v) is 15.4. The number of tetrazole rings is 1. The van der Waals surface area contributed by atoms with Gasteiger partial charge in [-0.1, -0.05) is 12.1 Å². The minimum Gasteiger partial charge on any atom is -0.493 e. The van der Waals surface area contributed by atoms with Crippen molar-refractivity contribution < 1.29 is 4.74 Å². The van der Waals surface area contributed by atoms with Crippen molar-refractivity contribution in [1.29, 1.82) is 5.26 Å². The molecule has 3 rings (SSSR count). The molecule has 3 aromatic rings.